The van der Waals surface area contributed by atoms with Gasteiger partial charge in [0, 0.05) is 0 Å². The van der Waals surface area contributed by atoms with E-state index in [4.69, 9.17) is 4.18 Å². The van der Waals surface area contributed by atoms with Gasteiger partial charge >= 0.3 is 0 Å². The van der Waals surface area contributed by atoms with E-state index < -0.39 is 10.1 Å². The van der Waals surface area contributed by atoms with Gasteiger partial charge in [-0.15, -0.1) is 6.58 Å². The molecule has 0 fully saturated rings. The van der Waals surface area contributed by atoms with Gasteiger partial charge in [-0.3, -0.25) is 4.18 Å². The van der Waals surface area contributed by atoms with E-state index in [9.17, 15) is 8.42 Å². The van der Waals surface area contributed by atoms with E-state index in [1.807, 2.05) is 13.0 Å². The van der Waals surface area contributed by atoms with Gasteiger partial charge < -0.3 is 0 Å². The second-order valence-electron chi connectivity index (χ2n) is 3.43. The van der Waals surface area contributed by atoms with Gasteiger partial charge in [0.2, 0.25) is 0 Å². The molecule has 4 heteroatoms. The summed E-state index contributed by atoms with van der Waals surface area (Å²) in [6.07, 6.45) is 7.14. The number of hydrogen-bond acceptors (Lipinski definition) is 3. The predicted octanol–water partition coefficient (Wildman–Crippen LogP) is 2.49. The minimum atomic E-state index is -3.31. The molecule has 0 heterocycles. The van der Waals surface area contributed by atoms with Crippen molar-refractivity contribution in [2.45, 2.75) is 45.1 Å². The van der Waals surface area contributed by atoms with Crippen molar-refractivity contribution >= 4 is 10.1 Å². The number of allylic oxidation sites excluding steroid dienone is 1. The monoisotopic (exact) mass is 220 g/mol. The molecule has 0 saturated carbocycles. The van der Waals surface area contributed by atoms with Gasteiger partial charge in [-0.25, -0.2) is 0 Å². The Morgan fingerprint density at radius 3 is 2.50 bits per heavy atom. The van der Waals surface area contributed by atoms with Crippen LogP contribution in [0, 0.1) is 0 Å². The lowest BCUT2D eigenvalue weighted by molar-refractivity contribution is 0.187. The highest BCUT2D eigenvalue weighted by molar-refractivity contribution is 7.86. The average molecular weight is 220 g/mol. The van der Waals surface area contributed by atoms with Crippen LogP contribution in [-0.2, 0) is 14.3 Å². The lowest BCUT2D eigenvalue weighted by Crippen LogP contribution is -2.17. The molecule has 0 N–H and O–H groups in total. The smallest absolute Gasteiger partial charge is 0.264 e. The summed E-state index contributed by atoms with van der Waals surface area (Å²) in [7, 11) is -3.31. The maximum Gasteiger partial charge on any atom is 0.264 e. The molecule has 0 unspecified atom stereocenters. The largest absolute Gasteiger partial charge is 0.267 e. The molecule has 0 aliphatic rings. The Bertz CT molecular complexity index is 244. The standard InChI is InChI=1S/C10H20O3S/c1-4-6-7-9-10(8-5-2)13-14(3,11)12/h4,10H,1,5-9H2,2-3H3/t10-/m1/s1. The van der Waals surface area contributed by atoms with Crippen molar-refractivity contribution in [3.8, 4) is 0 Å². The van der Waals surface area contributed by atoms with Gasteiger partial charge in [0.25, 0.3) is 10.1 Å². The van der Waals surface area contributed by atoms with Gasteiger partial charge in [0.1, 0.15) is 0 Å². The Morgan fingerprint density at radius 1 is 1.43 bits per heavy atom. The van der Waals surface area contributed by atoms with Crippen molar-refractivity contribution in [1.29, 1.82) is 0 Å². The Hall–Kier alpha value is -0.350. The van der Waals surface area contributed by atoms with E-state index >= 15 is 0 Å². The SMILES string of the molecule is C=CCCC[C@@H](CCC)OS(C)(=O)=O. The van der Waals surface area contributed by atoms with Gasteiger partial charge in [-0.1, -0.05) is 19.4 Å². The summed E-state index contributed by atoms with van der Waals surface area (Å²) in [4.78, 5) is 0. The summed E-state index contributed by atoms with van der Waals surface area (Å²) < 4.78 is 26.8. The molecule has 0 amide bonds. The zero-order valence-corrected chi connectivity index (χ0v) is 9.85. The Balaban J connectivity index is 3.95. The molecule has 0 radical (unpaired) electrons. The maximum atomic E-state index is 10.9. The van der Waals surface area contributed by atoms with Crippen LogP contribution in [0.5, 0.6) is 0 Å². The van der Waals surface area contributed by atoms with E-state index in [0.717, 1.165) is 38.4 Å². The maximum absolute atomic E-state index is 10.9. The summed E-state index contributed by atoms with van der Waals surface area (Å²) >= 11 is 0. The van der Waals surface area contributed by atoms with E-state index in [0.29, 0.717) is 0 Å². The number of hydrogen-bond donors (Lipinski definition) is 0. The molecule has 0 aliphatic heterocycles. The third-order valence-electron chi connectivity index (χ3n) is 1.86. The summed E-state index contributed by atoms with van der Waals surface area (Å²) in [5.74, 6) is 0. The zero-order valence-electron chi connectivity index (χ0n) is 9.03. The summed E-state index contributed by atoms with van der Waals surface area (Å²) in [6, 6.07) is 0. The van der Waals surface area contributed by atoms with Crippen molar-refractivity contribution in [3.63, 3.8) is 0 Å². The molecule has 0 aromatic rings. The fourth-order valence-electron chi connectivity index (χ4n) is 1.30. The van der Waals surface area contributed by atoms with Crippen molar-refractivity contribution in [3.05, 3.63) is 12.7 Å². The Morgan fingerprint density at radius 2 is 2.07 bits per heavy atom. The molecule has 1 atom stereocenters. The molecule has 0 aromatic carbocycles. The van der Waals surface area contributed by atoms with Crippen LogP contribution >= 0.6 is 0 Å². The van der Waals surface area contributed by atoms with Crippen LogP contribution in [-0.4, -0.2) is 20.8 Å². The van der Waals surface area contributed by atoms with E-state index in [1.165, 1.54) is 0 Å². The van der Waals surface area contributed by atoms with Crippen LogP contribution < -0.4 is 0 Å². The fraction of sp³-hybridized carbons (Fsp3) is 0.800. The molecule has 0 bridgehead atoms. The molecule has 84 valence electrons. The van der Waals surface area contributed by atoms with Gasteiger partial charge in [-0.05, 0) is 25.7 Å². The van der Waals surface area contributed by atoms with Gasteiger partial charge in [0.05, 0.1) is 12.4 Å². The molecule has 0 saturated heterocycles. The highest BCUT2D eigenvalue weighted by atomic mass is 32.2. The normalized spacial score (nSPS) is 13.9. The van der Waals surface area contributed by atoms with E-state index in [1.54, 1.807) is 0 Å². The fourth-order valence-corrected chi connectivity index (χ4v) is 1.99. The van der Waals surface area contributed by atoms with Crippen LogP contribution in [0.4, 0.5) is 0 Å². The van der Waals surface area contributed by atoms with Crippen molar-refractivity contribution in [2.75, 3.05) is 6.26 Å². The topological polar surface area (TPSA) is 43.4 Å². The first-order chi connectivity index (χ1) is 6.49. The molecule has 0 aliphatic carbocycles. The van der Waals surface area contributed by atoms with Crippen LogP contribution in [0.2, 0.25) is 0 Å². The van der Waals surface area contributed by atoms with Gasteiger partial charge in [0.15, 0.2) is 0 Å². The highest BCUT2D eigenvalue weighted by Gasteiger charge is 2.13. The van der Waals surface area contributed by atoms with Crippen LogP contribution in [0.15, 0.2) is 12.7 Å². The molecule has 14 heavy (non-hydrogen) atoms. The molecular formula is C10H20O3S. The summed E-state index contributed by atoms with van der Waals surface area (Å²) in [6.45, 7) is 5.64. The van der Waals surface area contributed by atoms with Crippen LogP contribution in [0.25, 0.3) is 0 Å². The third-order valence-corrected chi connectivity index (χ3v) is 2.48. The highest BCUT2D eigenvalue weighted by Crippen LogP contribution is 2.13. The third kappa shape index (κ3) is 8.26. The predicted molar refractivity (Wildman–Crippen MR) is 58.7 cm³/mol. The van der Waals surface area contributed by atoms with E-state index in [-0.39, 0.29) is 6.10 Å². The molecule has 0 aromatic heterocycles. The average Bonchev–Trinajstić information content (AvgIpc) is 2.02. The second kappa shape index (κ2) is 7.01. The zero-order chi connectivity index (χ0) is 11.0. The molecule has 3 nitrogen and oxygen atoms in total. The lowest BCUT2D eigenvalue weighted by Gasteiger charge is -2.14. The molecular weight excluding hydrogens is 200 g/mol. The minimum absolute atomic E-state index is 0.157. The lowest BCUT2D eigenvalue weighted by atomic mass is 10.1. The summed E-state index contributed by atoms with van der Waals surface area (Å²) in [5, 5.41) is 0. The van der Waals surface area contributed by atoms with Crippen molar-refractivity contribution in [2.24, 2.45) is 0 Å². The first-order valence-corrected chi connectivity index (χ1v) is 6.80. The first kappa shape index (κ1) is 13.7. The number of rotatable bonds is 8. The number of unbranched alkanes of at least 4 members (excludes halogenated alkanes) is 1. The minimum Gasteiger partial charge on any atom is -0.267 e. The van der Waals surface area contributed by atoms with Crippen LogP contribution in [0.1, 0.15) is 39.0 Å². The molecule has 0 spiro atoms. The van der Waals surface area contributed by atoms with Crippen molar-refractivity contribution in [1.82, 2.24) is 0 Å². The molecule has 0 rings (SSSR count). The second-order valence-corrected chi connectivity index (χ2v) is 5.03. The van der Waals surface area contributed by atoms with E-state index in [2.05, 4.69) is 6.58 Å². The quantitative estimate of drug-likeness (QED) is 0.358. The first-order valence-electron chi connectivity index (χ1n) is 4.98. The summed E-state index contributed by atoms with van der Waals surface area (Å²) in [5.41, 5.74) is 0. The van der Waals surface area contributed by atoms with Crippen LogP contribution in [0.3, 0.4) is 0 Å². The Kier molecular flexibility index (Phi) is 6.83. The van der Waals surface area contributed by atoms with Crippen molar-refractivity contribution < 1.29 is 12.6 Å². The Labute approximate surface area is 87.3 Å². The van der Waals surface area contributed by atoms with Gasteiger partial charge in [-0.2, -0.15) is 8.42 Å².